The zero-order valence-corrected chi connectivity index (χ0v) is 27.2. The first-order chi connectivity index (χ1) is 19.0. The number of nitrogens with zero attached hydrogens (tertiary/aromatic N) is 1. The lowest BCUT2D eigenvalue weighted by Crippen LogP contribution is -2.45. The standard InChI is InChI=1S/C31H61N2O6P/c1-6-8-10-12-13-14-15-16-17-18-19-21-22-24-30(34)29(32-31(35)25-23-20-11-9-7-2)28-39-40(36,37)38-27-26-33(3,4)5/h17-18,22,24,29-30,34H,6-16,19-21,23,25-28H2,1-5H3,(H-,32,35,36,37)/p+1/b18-17+,24-22+. The van der Waals surface area contributed by atoms with Crippen LogP contribution in [0.15, 0.2) is 24.3 Å². The van der Waals surface area contributed by atoms with Crippen LogP contribution in [0.2, 0.25) is 0 Å². The minimum Gasteiger partial charge on any atom is -0.387 e. The molecule has 0 radical (unpaired) electrons. The summed E-state index contributed by atoms with van der Waals surface area (Å²) in [5.74, 6) is -0.204. The van der Waals surface area contributed by atoms with Gasteiger partial charge in [-0.25, -0.2) is 4.57 Å². The van der Waals surface area contributed by atoms with Crippen LogP contribution in [0.4, 0.5) is 0 Å². The van der Waals surface area contributed by atoms with Gasteiger partial charge >= 0.3 is 7.82 Å². The van der Waals surface area contributed by atoms with Gasteiger partial charge in [0.1, 0.15) is 13.2 Å². The Hall–Kier alpha value is -1.02. The van der Waals surface area contributed by atoms with Crippen molar-refractivity contribution >= 4 is 13.7 Å². The summed E-state index contributed by atoms with van der Waals surface area (Å²) in [5.41, 5.74) is 0. The molecule has 0 spiro atoms. The van der Waals surface area contributed by atoms with Crippen LogP contribution >= 0.6 is 7.82 Å². The molecular weight excluding hydrogens is 527 g/mol. The number of quaternary nitrogens is 1. The highest BCUT2D eigenvalue weighted by Crippen LogP contribution is 2.43. The molecule has 3 N–H and O–H groups in total. The minimum atomic E-state index is -4.32. The second-order valence-electron chi connectivity index (χ2n) is 11.8. The Balaban J connectivity index is 4.65. The van der Waals surface area contributed by atoms with Crippen molar-refractivity contribution < 1.29 is 32.9 Å². The molecule has 0 aromatic carbocycles. The average molecular weight is 590 g/mol. The Labute approximate surface area is 245 Å². The number of amides is 1. The van der Waals surface area contributed by atoms with Gasteiger partial charge in [-0.3, -0.25) is 13.8 Å². The predicted molar refractivity (Wildman–Crippen MR) is 166 cm³/mol. The summed E-state index contributed by atoms with van der Waals surface area (Å²) in [6.45, 7) is 4.64. The topological polar surface area (TPSA) is 105 Å². The molecule has 0 saturated heterocycles. The van der Waals surface area contributed by atoms with Crippen LogP contribution in [-0.4, -0.2) is 73.4 Å². The van der Waals surface area contributed by atoms with Gasteiger partial charge in [0.25, 0.3) is 0 Å². The smallest absolute Gasteiger partial charge is 0.387 e. The van der Waals surface area contributed by atoms with E-state index in [-0.39, 0.29) is 19.1 Å². The fraction of sp³-hybridized carbons (Fsp3) is 0.839. The molecule has 0 heterocycles. The van der Waals surface area contributed by atoms with E-state index in [2.05, 4.69) is 31.3 Å². The van der Waals surface area contributed by atoms with Crippen LogP contribution in [-0.2, 0) is 18.4 Å². The van der Waals surface area contributed by atoms with Crippen molar-refractivity contribution in [3.05, 3.63) is 24.3 Å². The van der Waals surface area contributed by atoms with Gasteiger partial charge in [0, 0.05) is 6.42 Å². The second-order valence-corrected chi connectivity index (χ2v) is 13.3. The van der Waals surface area contributed by atoms with Gasteiger partial charge < -0.3 is 19.8 Å². The van der Waals surface area contributed by atoms with Crippen molar-refractivity contribution in [3.63, 3.8) is 0 Å². The molecule has 3 unspecified atom stereocenters. The largest absolute Gasteiger partial charge is 0.472 e. The van der Waals surface area contributed by atoms with Gasteiger partial charge in [-0.05, 0) is 32.1 Å². The molecule has 1 amide bonds. The van der Waals surface area contributed by atoms with Crippen LogP contribution in [0.25, 0.3) is 0 Å². The van der Waals surface area contributed by atoms with E-state index < -0.39 is 20.0 Å². The highest BCUT2D eigenvalue weighted by Gasteiger charge is 2.27. The van der Waals surface area contributed by atoms with Crippen LogP contribution in [0, 0.1) is 0 Å². The maximum Gasteiger partial charge on any atom is 0.472 e. The third kappa shape index (κ3) is 25.9. The normalized spacial score (nSPS) is 15.5. The Morgan fingerprint density at radius 3 is 2.00 bits per heavy atom. The van der Waals surface area contributed by atoms with E-state index in [9.17, 15) is 19.4 Å². The molecule has 0 bridgehead atoms. The fourth-order valence-corrected chi connectivity index (χ4v) is 4.79. The number of phosphoric ester groups is 1. The predicted octanol–water partition coefficient (Wildman–Crippen LogP) is 7.07. The summed E-state index contributed by atoms with van der Waals surface area (Å²) in [7, 11) is 1.55. The van der Waals surface area contributed by atoms with Crippen molar-refractivity contribution in [1.29, 1.82) is 0 Å². The number of nitrogens with one attached hydrogen (secondary N) is 1. The monoisotopic (exact) mass is 589 g/mol. The van der Waals surface area contributed by atoms with E-state index in [0.29, 0.717) is 17.4 Å². The van der Waals surface area contributed by atoms with Crippen LogP contribution in [0.3, 0.4) is 0 Å². The Morgan fingerprint density at radius 2 is 1.38 bits per heavy atom. The molecule has 0 aromatic heterocycles. The van der Waals surface area contributed by atoms with Crippen LogP contribution in [0.5, 0.6) is 0 Å². The summed E-state index contributed by atoms with van der Waals surface area (Å²) in [4.78, 5) is 22.6. The van der Waals surface area contributed by atoms with Gasteiger partial charge in [0.05, 0.1) is 39.9 Å². The molecule has 40 heavy (non-hydrogen) atoms. The second kappa shape index (κ2) is 24.6. The zero-order valence-electron chi connectivity index (χ0n) is 26.3. The molecule has 0 aromatic rings. The molecule has 0 aliphatic rings. The van der Waals surface area contributed by atoms with E-state index in [1.807, 2.05) is 27.2 Å². The highest BCUT2D eigenvalue weighted by molar-refractivity contribution is 7.47. The molecule has 3 atom stereocenters. The van der Waals surface area contributed by atoms with Crippen molar-refractivity contribution in [1.82, 2.24) is 5.32 Å². The minimum absolute atomic E-state index is 0.0565. The van der Waals surface area contributed by atoms with Crippen molar-refractivity contribution in [2.75, 3.05) is 40.9 Å². The third-order valence-electron chi connectivity index (χ3n) is 6.67. The van der Waals surface area contributed by atoms with Gasteiger partial charge in [-0.1, -0.05) is 102 Å². The zero-order chi connectivity index (χ0) is 30.1. The quantitative estimate of drug-likeness (QED) is 0.0410. The van der Waals surface area contributed by atoms with Crippen molar-refractivity contribution in [2.45, 2.75) is 129 Å². The molecule has 0 aliphatic heterocycles. The lowest BCUT2D eigenvalue weighted by Gasteiger charge is -2.25. The summed E-state index contributed by atoms with van der Waals surface area (Å²) in [6.07, 6.45) is 24.2. The Kier molecular flexibility index (Phi) is 23.9. The summed E-state index contributed by atoms with van der Waals surface area (Å²) in [5, 5.41) is 13.5. The van der Waals surface area contributed by atoms with Crippen LogP contribution in [0.1, 0.15) is 117 Å². The van der Waals surface area contributed by atoms with E-state index in [0.717, 1.165) is 51.4 Å². The van der Waals surface area contributed by atoms with Crippen molar-refractivity contribution in [2.24, 2.45) is 0 Å². The molecule has 0 saturated carbocycles. The maximum absolute atomic E-state index is 12.5. The first-order valence-electron chi connectivity index (χ1n) is 15.7. The van der Waals surface area contributed by atoms with E-state index in [1.165, 1.54) is 44.9 Å². The number of allylic oxidation sites excluding steroid dienone is 3. The SMILES string of the molecule is CCCCCCCCC/C=C/CC/C=C/C(O)C(COP(=O)(O)OCC[N+](C)(C)C)NC(=O)CCCCCCC. The number of carbonyl (C=O) groups excluding carboxylic acids is 1. The molecule has 9 heteroatoms. The summed E-state index contributed by atoms with van der Waals surface area (Å²) in [6, 6.07) is -0.852. The molecule has 8 nitrogen and oxygen atoms in total. The summed E-state index contributed by atoms with van der Waals surface area (Å²) < 4.78 is 23.2. The first-order valence-corrected chi connectivity index (χ1v) is 17.2. The van der Waals surface area contributed by atoms with E-state index >= 15 is 0 Å². The number of hydrogen-bond acceptors (Lipinski definition) is 5. The van der Waals surface area contributed by atoms with E-state index in [4.69, 9.17) is 9.05 Å². The van der Waals surface area contributed by atoms with Gasteiger partial charge in [0.2, 0.25) is 5.91 Å². The van der Waals surface area contributed by atoms with E-state index in [1.54, 1.807) is 6.08 Å². The molecule has 236 valence electrons. The number of likely N-dealkylation sites (N-methyl/N-ethyl adjacent to an activating group) is 1. The third-order valence-corrected chi connectivity index (χ3v) is 7.66. The fourth-order valence-electron chi connectivity index (χ4n) is 4.05. The highest BCUT2D eigenvalue weighted by atomic mass is 31.2. The van der Waals surface area contributed by atoms with Gasteiger partial charge in [-0.15, -0.1) is 0 Å². The summed E-state index contributed by atoms with van der Waals surface area (Å²) >= 11 is 0. The van der Waals surface area contributed by atoms with Crippen molar-refractivity contribution in [3.8, 4) is 0 Å². The number of aliphatic hydroxyl groups is 1. The molecule has 0 rings (SSSR count). The Morgan fingerprint density at radius 1 is 0.825 bits per heavy atom. The average Bonchev–Trinajstić information content (AvgIpc) is 2.88. The van der Waals surface area contributed by atoms with Crippen LogP contribution < -0.4 is 5.32 Å². The maximum atomic E-state index is 12.5. The number of hydrogen-bond donors (Lipinski definition) is 3. The first kappa shape index (κ1) is 39.0. The lowest BCUT2D eigenvalue weighted by atomic mass is 10.1. The lowest BCUT2D eigenvalue weighted by molar-refractivity contribution is -0.870. The van der Waals surface area contributed by atoms with Gasteiger partial charge in [0.15, 0.2) is 0 Å². The molecule has 0 aliphatic carbocycles. The Bertz CT molecular complexity index is 723. The number of carbonyl (C=O) groups is 1. The number of aliphatic hydroxyl groups excluding tert-OH is 1. The number of unbranched alkanes of at least 4 members (excludes halogenated alkanes) is 12. The number of rotatable bonds is 27. The van der Waals surface area contributed by atoms with Gasteiger partial charge in [-0.2, -0.15) is 0 Å². The molecular formula is C31H62N2O6P+. The number of phosphoric acid groups is 1. The molecule has 0 fully saturated rings.